The molecule has 1 heterocycles. The molecule has 1 N–H and O–H groups in total. The lowest BCUT2D eigenvalue weighted by atomic mass is 9.94. The van der Waals surface area contributed by atoms with Crippen molar-refractivity contribution in [2.45, 2.75) is 59.9 Å². The maximum Gasteiger partial charge on any atom is 0.258 e. The zero-order chi connectivity index (χ0) is 26.1. The lowest BCUT2D eigenvalue weighted by Gasteiger charge is -2.15. The monoisotopic (exact) mass is 484 g/mol. The van der Waals surface area contributed by atoms with Crippen LogP contribution in [0.4, 0.5) is 10.1 Å². The molecule has 0 aliphatic rings. The summed E-state index contributed by atoms with van der Waals surface area (Å²) in [5, 5.41) is 3.08. The summed E-state index contributed by atoms with van der Waals surface area (Å²) < 4.78 is 15.9. The molecule has 0 aliphatic heterocycles. The van der Waals surface area contributed by atoms with Gasteiger partial charge >= 0.3 is 0 Å². The third kappa shape index (κ3) is 6.12. The van der Waals surface area contributed by atoms with E-state index in [1.54, 1.807) is 12.1 Å². The maximum absolute atomic E-state index is 13.7. The third-order valence-corrected chi connectivity index (χ3v) is 6.11. The Labute approximate surface area is 215 Å². The SMILES string of the molecule is CCCC.CCn1c(-c2ccc(F)cc2)c(-c2ccccc2)c(C(=O)Nc2ccccc2)c1C(C)C. The average molecular weight is 485 g/mol. The van der Waals surface area contributed by atoms with Crippen LogP contribution in [-0.2, 0) is 6.54 Å². The number of para-hydroxylation sites is 1. The first kappa shape index (κ1) is 26.9. The molecule has 0 aliphatic carbocycles. The standard InChI is InChI=1S/C28H27FN2O.C4H10/c1-4-31-26(19(2)3)25(28(32)30-23-13-9-6-10-14-23)24(20-11-7-5-8-12-20)27(31)21-15-17-22(29)18-16-21;1-3-4-2/h5-19H,4H2,1-3H3,(H,30,32);3-4H2,1-2H3. The topological polar surface area (TPSA) is 34.0 Å². The Bertz CT molecular complexity index is 1240. The van der Waals surface area contributed by atoms with Crippen molar-refractivity contribution in [2.24, 2.45) is 0 Å². The Kier molecular flexibility index (Phi) is 9.63. The molecule has 1 aromatic heterocycles. The van der Waals surface area contributed by atoms with E-state index in [1.807, 2.05) is 60.7 Å². The summed E-state index contributed by atoms with van der Waals surface area (Å²) >= 11 is 0. The summed E-state index contributed by atoms with van der Waals surface area (Å²) in [5.74, 6) is -0.312. The summed E-state index contributed by atoms with van der Waals surface area (Å²) in [6.07, 6.45) is 2.64. The smallest absolute Gasteiger partial charge is 0.258 e. The Morgan fingerprint density at radius 3 is 1.86 bits per heavy atom. The molecule has 0 atom stereocenters. The maximum atomic E-state index is 13.7. The molecule has 0 spiro atoms. The van der Waals surface area contributed by atoms with Gasteiger partial charge in [-0.15, -0.1) is 0 Å². The van der Waals surface area contributed by atoms with Gasteiger partial charge in [0, 0.05) is 23.5 Å². The van der Waals surface area contributed by atoms with Gasteiger partial charge in [0.25, 0.3) is 5.91 Å². The number of amides is 1. The second-order valence-corrected chi connectivity index (χ2v) is 9.08. The summed E-state index contributed by atoms with van der Waals surface area (Å²) in [6.45, 7) is 11.3. The predicted octanol–water partition coefficient (Wildman–Crippen LogP) is 9.16. The van der Waals surface area contributed by atoms with E-state index in [0.717, 1.165) is 33.8 Å². The molecule has 0 unspecified atom stereocenters. The molecule has 0 bridgehead atoms. The van der Waals surface area contributed by atoms with Crippen LogP contribution in [0.5, 0.6) is 0 Å². The molecular weight excluding hydrogens is 447 g/mol. The van der Waals surface area contributed by atoms with Gasteiger partial charge in [-0.05, 0) is 60.4 Å². The highest BCUT2D eigenvalue weighted by Gasteiger charge is 2.29. The molecule has 4 aromatic rings. The van der Waals surface area contributed by atoms with E-state index < -0.39 is 0 Å². The highest BCUT2D eigenvalue weighted by Crippen LogP contribution is 2.42. The van der Waals surface area contributed by atoms with Crippen LogP contribution in [0.25, 0.3) is 22.4 Å². The fraction of sp³-hybridized carbons (Fsp3) is 0.281. The zero-order valence-corrected chi connectivity index (χ0v) is 22.0. The number of benzene rings is 3. The first-order chi connectivity index (χ1) is 17.4. The molecule has 0 radical (unpaired) electrons. The minimum atomic E-state index is -0.282. The Morgan fingerprint density at radius 2 is 1.36 bits per heavy atom. The van der Waals surface area contributed by atoms with Crippen molar-refractivity contribution >= 4 is 11.6 Å². The highest BCUT2D eigenvalue weighted by atomic mass is 19.1. The number of aromatic nitrogens is 1. The third-order valence-electron chi connectivity index (χ3n) is 6.11. The van der Waals surface area contributed by atoms with Crippen molar-refractivity contribution in [3.05, 3.63) is 102 Å². The summed E-state index contributed by atoms with van der Waals surface area (Å²) in [5.41, 5.74) is 6.03. The Balaban J connectivity index is 0.000000840. The molecule has 36 heavy (non-hydrogen) atoms. The number of hydrogen-bond acceptors (Lipinski definition) is 1. The number of nitrogens with zero attached hydrogens (tertiary/aromatic N) is 1. The van der Waals surface area contributed by atoms with Crippen LogP contribution in [0.15, 0.2) is 84.9 Å². The fourth-order valence-electron chi connectivity index (χ4n) is 4.30. The van der Waals surface area contributed by atoms with Crippen molar-refractivity contribution in [1.82, 2.24) is 4.57 Å². The normalized spacial score (nSPS) is 10.6. The van der Waals surface area contributed by atoms with Crippen LogP contribution in [0.1, 0.15) is 69.4 Å². The molecule has 0 saturated heterocycles. The summed E-state index contributed by atoms with van der Waals surface area (Å²) in [4.78, 5) is 13.7. The number of halogens is 1. The van der Waals surface area contributed by atoms with Crippen LogP contribution in [0, 0.1) is 5.82 Å². The molecule has 188 valence electrons. The molecule has 4 rings (SSSR count). The molecule has 0 saturated carbocycles. The van der Waals surface area contributed by atoms with Crippen LogP contribution >= 0.6 is 0 Å². The predicted molar refractivity (Wildman–Crippen MR) is 150 cm³/mol. The molecular formula is C32H37FN2O. The Morgan fingerprint density at radius 1 is 0.806 bits per heavy atom. The van der Waals surface area contributed by atoms with Crippen LogP contribution in [-0.4, -0.2) is 10.5 Å². The number of carbonyl (C=O) groups is 1. The number of unbranched alkanes of at least 4 members (excludes halogenated alkanes) is 1. The molecule has 1 amide bonds. The minimum absolute atomic E-state index is 0.114. The van der Waals surface area contributed by atoms with E-state index in [4.69, 9.17) is 0 Å². The number of anilines is 1. The number of nitrogens with one attached hydrogen (secondary N) is 1. The largest absolute Gasteiger partial charge is 0.343 e. The van der Waals surface area contributed by atoms with Gasteiger partial charge in [-0.25, -0.2) is 4.39 Å². The van der Waals surface area contributed by atoms with E-state index in [9.17, 15) is 9.18 Å². The highest BCUT2D eigenvalue weighted by molar-refractivity contribution is 6.12. The van der Waals surface area contributed by atoms with Crippen molar-refractivity contribution in [2.75, 3.05) is 5.32 Å². The first-order valence-electron chi connectivity index (χ1n) is 12.9. The van der Waals surface area contributed by atoms with Gasteiger partial charge in [0.15, 0.2) is 0 Å². The number of carbonyl (C=O) groups excluding carboxylic acids is 1. The van der Waals surface area contributed by atoms with E-state index in [1.165, 1.54) is 25.0 Å². The van der Waals surface area contributed by atoms with E-state index in [0.29, 0.717) is 12.1 Å². The average Bonchev–Trinajstić information content (AvgIpc) is 3.26. The van der Waals surface area contributed by atoms with Crippen molar-refractivity contribution in [3.8, 4) is 22.4 Å². The zero-order valence-electron chi connectivity index (χ0n) is 22.0. The van der Waals surface area contributed by atoms with Crippen LogP contribution in [0.3, 0.4) is 0 Å². The second kappa shape index (κ2) is 12.9. The van der Waals surface area contributed by atoms with Crippen LogP contribution < -0.4 is 5.32 Å². The molecule has 4 heteroatoms. The van der Waals surface area contributed by atoms with E-state index in [2.05, 4.69) is 44.5 Å². The lowest BCUT2D eigenvalue weighted by Crippen LogP contribution is -2.16. The lowest BCUT2D eigenvalue weighted by molar-refractivity contribution is 0.102. The van der Waals surface area contributed by atoms with Crippen LogP contribution in [0.2, 0.25) is 0 Å². The van der Waals surface area contributed by atoms with Crippen molar-refractivity contribution in [1.29, 1.82) is 0 Å². The number of hydrogen-bond donors (Lipinski definition) is 1. The fourth-order valence-corrected chi connectivity index (χ4v) is 4.30. The van der Waals surface area contributed by atoms with E-state index in [-0.39, 0.29) is 17.6 Å². The van der Waals surface area contributed by atoms with Gasteiger partial charge in [-0.2, -0.15) is 0 Å². The van der Waals surface area contributed by atoms with Crippen molar-refractivity contribution in [3.63, 3.8) is 0 Å². The minimum Gasteiger partial charge on any atom is -0.343 e. The molecule has 3 nitrogen and oxygen atoms in total. The van der Waals surface area contributed by atoms with Gasteiger partial charge in [0.05, 0.1) is 11.3 Å². The van der Waals surface area contributed by atoms with Gasteiger partial charge in [-0.3, -0.25) is 4.79 Å². The Hall–Kier alpha value is -3.66. The summed E-state index contributed by atoms with van der Waals surface area (Å²) in [7, 11) is 0. The van der Waals surface area contributed by atoms with Crippen molar-refractivity contribution < 1.29 is 9.18 Å². The summed E-state index contributed by atoms with van der Waals surface area (Å²) in [6, 6.07) is 25.9. The molecule has 3 aromatic carbocycles. The first-order valence-corrected chi connectivity index (χ1v) is 12.9. The van der Waals surface area contributed by atoms with Gasteiger partial charge in [0.2, 0.25) is 0 Å². The van der Waals surface area contributed by atoms with Gasteiger partial charge in [-0.1, -0.05) is 89.1 Å². The number of rotatable bonds is 7. The van der Waals surface area contributed by atoms with E-state index >= 15 is 0 Å². The molecule has 0 fully saturated rings. The quantitative estimate of drug-likeness (QED) is 0.279. The van der Waals surface area contributed by atoms with Gasteiger partial charge in [0.1, 0.15) is 5.82 Å². The second-order valence-electron chi connectivity index (χ2n) is 9.08. The van der Waals surface area contributed by atoms with Gasteiger partial charge < -0.3 is 9.88 Å².